The van der Waals surface area contributed by atoms with Crippen LogP contribution in [0.3, 0.4) is 0 Å². The molecule has 0 aliphatic carbocycles. The third-order valence-corrected chi connectivity index (χ3v) is 4.39. The van der Waals surface area contributed by atoms with Gasteiger partial charge in [-0.05, 0) is 32.1 Å². The van der Waals surface area contributed by atoms with Crippen molar-refractivity contribution in [2.24, 2.45) is 0 Å². The summed E-state index contributed by atoms with van der Waals surface area (Å²) in [6.45, 7) is 6.93. The van der Waals surface area contributed by atoms with Crippen LogP contribution in [0.1, 0.15) is 6.42 Å². The van der Waals surface area contributed by atoms with Crippen LogP contribution < -0.4 is 4.90 Å². The minimum atomic E-state index is 0.956. The standard InChI is InChI=1S/C17H25N5/c1-20-10-12-22(13-11-20)9-5-8-21(2)17-14-18-15-6-3-4-7-16(15)19-17/h3-4,6-7,14H,5,8-13H2,1-2H3. The number of aromatic nitrogens is 2. The number of benzene rings is 1. The first-order valence-electron chi connectivity index (χ1n) is 8.06. The van der Waals surface area contributed by atoms with Crippen LogP contribution >= 0.6 is 0 Å². The van der Waals surface area contributed by atoms with Crippen LogP contribution in [0.4, 0.5) is 5.82 Å². The lowest BCUT2D eigenvalue weighted by atomic mass is 10.3. The molecule has 1 aromatic carbocycles. The Labute approximate surface area is 132 Å². The van der Waals surface area contributed by atoms with Crippen molar-refractivity contribution in [2.45, 2.75) is 6.42 Å². The maximum Gasteiger partial charge on any atom is 0.147 e. The van der Waals surface area contributed by atoms with E-state index >= 15 is 0 Å². The average Bonchev–Trinajstić information content (AvgIpc) is 2.56. The summed E-state index contributed by atoms with van der Waals surface area (Å²) in [5, 5.41) is 0. The molecule has 0 radical (unpaired) electrons. The Morgan fingerprint density at radius 1 is 1.09 bits per heavy atom. The zero-order chi connectivity index (χ0) is 15.4. The molecule has 0 spiro atoms. The van der Waals surface area contributed by atoms with E-state index in [1.807, 2.05) is 30.5 Å². The number of anilines is 1. The van der Waals surface area contributed by atoms with Gasteiger partial charge in [0.25, 0.3) is 0 Å². The molecule has 5 heteroatoms. The van der Waals surface area contributed by atoms with Crippen molar-refractivity contribution >= 4 is 16.9 Å². The quantitative estimate of drug-likeness (QED) is 0.840. The highest BCUT2D eigenvalue weighted by molar-refractivity contribution is 5.75. The third-order valence-electron chi connectivity index (χ3n) is 4.39. The van der Waals surface area contributed by atoms with Crippen LogP contribution in [0.5, 0.6) is 0 Å². The molecule has 0 bridgehead atoms. The maximum absolute atomic E-state index is 4.69. The Balaban J connectivity index is 1.51. The van der Waals surface area contributed by atoms with Gasteiger partial charge in [0.1, 0.15) is 5.82 Å². The summed E-state index contributed by atoms with van der Waals surface area (Å²) in [4.78, 5) is 16.3. The Morgan fingerprint density at radius 3 is 2.59 bits per heavy atom. The molecule has 1 fully saturated rings. The highest BCUT2D eigenvalue weighted by Crippen LogP contribution is 2.14. The summed E-state index contributed by atoms with van der Waals surface area (Å²) in [7, 11) is 4.30. The van der Waals surface area contributed by atoms with E-state index in [0.717, 1.165) is 29.8 Å². The van der Waals surface area contributed by atoms with E-state index < -0.39 is 0 Å². The van der Waals surface area contributed by atoms with E-state index in [1.165, 1.54) is 32.7 Å². The predicted octanol–water partition coefficient (Wildman–Crippen LogP) is 1.70. The fraction of sp³-hybridized carbons (Fsp3) is 0.529. The summed E-state index contributed by atoms with van der Waals surface area (Å²) < 4.78 is 0. The van der Waals surface area contributed by atoms with Gasteiger partial charge in [0.2, 0.25) is 0 Å². The number of piperazine rings is 1. The second-order valence-electron chi connectivity index (χ2n) is 6.14. The molecule has 5 nitrogen and oxygen atoms in total. The number of para-hydroxylation sites is 2. The molecule has 2 heterocycles. The molecule has 118 valence electrons. The summed E-state index contributed by atoms with van der Waals surface area (Å²) >= 11 is 0. The minimum Gasteiger partial charge on any atom is -0.358 e. The molecular weight excluding hydrogens is 274 g/mol. The fourth-order valence-corrected chi connectivity index (χ4v) is 2.85. The molecule has 1 aromatic heterocycles. The summed E-state index contributed by atoms with van der Waals surface area (Å²) in [6.07, 6.45) is 3.03. The van der Waals surface area contributed by atoms with Gasteiger partial charge in [-0.2, -0.15) is 0 Å². The van der Waals surface area contributed by atoms with Gasteiger partial charge in [0, 0.05) is 39.8 Å². The SMILES string of the molecule is CN1CCN(CCCN(C)c2cnc3ccccc3n2)CC1. The Morgan fingerprint density at radius 2 is 1.82 bits per heavy atom. The number of hydrogen-bond acceptors (Lipinski definition) is 5. The molecule has 0 saturated carbocycles. The highest BCUT2D eigenvalue weighted by atomic mass is 15.2. The first kappa shape index (κ1) is 15.2. The predicted molar refractivity (Wildman–Crippen MR) is 91.4 cm³/mol. The van der Waals surface area contributed by atoms with E-state index in [0.29, 0.717) is 0 Å². The van der Waals surface area contributed by atoms with Gasteiger partial charge in [0.15, 0.2) is 0 Å². The topological polar surface area (TPSA) is 35.5 Å². The molecule has 1 aliphatic heterocycles. The molecule has 0 unspecified atom stereocenters. The van der Waals surface area contributed by atoms with Crippen LogP contribution in [-0.4, -0.2) is 73.1 Å². The van der Waals surface area contributed by atoms with Crippen molar-refractivity contribution in [3.8, 4) is 0 Å². The van der Waals surface area contributed by atoms with E-state index in [2.05, 4.69) is 33.8 Å². The monoisotopic (exact) mass is 299 g/mol. The van der Waals surface area contributed by atoms with Crippen molar-refractivity contribution in [1.82, 2.24) is 19.8 Å². The third kappa shape index (κ3) is 3.72. The first-order valence-corrected chi connectivity index (χ1v) is 8.06. The molecule has 22 heavy (non-hydrogen) atoms. The molecule has 1 aliphatic rings. The van der Waals surface area contributed by atoms with E-state index in [1.54, 1.807) is 0 Å². The van der Waals surface area contributed by atoms with Crippen LogP contribution in [0.2, 0.25) is 0 Å². The minimum absolute atomic E-state index is 0.956. The smallest absolute Gasteiger partial charge is 0.147 e. The number of nitrogens with zero attached hydrogens (tertiary/aromatic N) is 5. The molecule has 3 rings (SSSR count). The zero-order valence-corrected chi connectivity index (χ0v) is 13.6. The first-order chi connectivity index (χ1) is 10.7. The number of fused-ring (bicyclic) bond motifs is 1. The van der Waals surface area contributed by atoms with Crippen molar-refractivity contribution in [1.29, 1.82) is 0 Å². The average molecular weight is 299 g/mol. The van der Waals surface area contributed by atoms with E-state index in [-0.39, 0.29) is 0 Å². The van der Waals surface area contributed by atoms with Crippen molar-refractivity contribution in [2.75, 3.05) is 58.3 Å². The molecule has 0 amide bonds. The largest absolute Gasteiger partial charge is 0.358 e. The molecule has 2 aromatic rings. The van der Waals surface area contributed by atoms with E-state index in [9.17, 15) is 0 Å². The fourth-order valence-electron chi connectivity index (χ4n) is 2.85. The van der Waals surface area contributed by atoms with Gasteiger partial charge in [-0.3, -0.25) is 4.98 Å². The summed E-state index contributed by atoms with van der Waals surface area (Å²) in [5.74, 6) is 0.956. The lowest BCUT2D eigenvalue weighted by Gasteiger charge is -2.32. The Kier molecular flexibility index (Phi) is 4.85. The Bertz CT molecular complexity index is 607. The zero-order valence-electron chi connectivity index (χ0n) is 13.6. The van der Waals surface area contributed by atoms with Gasteiger partial charge in [-0.15, -0.1) is 0 Å². The van der Waals surface area contributed by atoms with Gasteiger partial charge >= 0.3 is 0 Å². The molecule has 1 saturated heterocycles. The Hall–Kier alpha value is -1.72. The highest BCUT2D eigenvalue weighted by Gasteiger charge is 2.13. The van der Waals surface area contributed by atoms with Gasteiger partial charge in [-0.1, -0.05) is 12.1 Å². The van der Waals surface area contributed by atoms with Gasteiger partial charge in [0.05, 0.1) is 17.2 Å². The van der Waals surface area contributed by atoms with Crippen LogP contribution in [0.25, 0.3) is 11.0 Å². The van der Waals surface area contributed by atoms with Crippen LogP contribution in [0, 0.1) is 0 Å². The molecule has 0 atom stereocenters. The van der Waals surface area contributed by atoms with Crippen LogP contribution in [-0.2, 0) is 0 Å². The number of rotatable bonds is 5. The van der Waals surface area contributed by atoms with Gasteiger partial charge in [-0.25, -0.2) is 4.98 Å². The van der Waals surface area contributed by atoms with Crippen LogP contribution in [0.15, 0.2) is 30.5 Å². The maximum atomic E-state index is 4.69. The second-order valence-corrected chi connectivity index (χ2v) is 6.14. The van der Waals surface area contributed by atoms with Gasteiger partial charge < -0.3 is 14.7 Å². The number of hydrogen-bond donors (Lipinski definition) is 0. The lowest BCUT2D eigenvalue weighted by molar-refractivity contribution is 0.153. The second kappa shape index (κ2) is 7.03. The summed E-state index contributed by atoms with van der Waals surface area (Å²) in [5.41, 5.74) is 1.92. The van der Waals surface area contributed by atoms with Crippen molar-refractivity contribution < 1.29 is 0 Å². The van der Waals surface area contributed by atoms with Crippen molar-refractivity contribution in [3.63, 3.8) is 0 Å². The normalized spacial score (nSPS) is 17.0. The number of likely N-dealkylation sites (N-methyl/N-ethyl adjacent to an activating group) is 1. The summed E-state index contributed by atoms with van der Waals surface area (Å²) in [6, 6.07) is 8.02. The van der Waals surface area contributed by atoms with E-state index in [4.69, 9.17) is 4.98 Å². The lowest BCUT2D eigenvalue weighted by Crippen LogP contribution is -2.45. The molecule has 0 N–H and O–H groups in total. The molecular formula is C17H25N5. The van der Waals surface area contributed by atoms with Crippen molar-refractivity contribution in [3.05, 3.63) is 30.5 Å².